The zero-order valence-corrected chi connectivity index (χ0v) is 10.6. The average molecular weight is 232 g/mol. The van der Waals surface area contributed by atoms with Gasteiger partial charge in [0.15, 0.2) is 0 Å². The summed E-state index contributed by atoms with van der Waals surface area (Å²) in [5, 5.41) is 3.28. The van der Waals surface area contributed by atoms with E-state index in [-0.39, 0.29) is 11.8 Å². The van der Waals surface area contributed by atoms with Gasteiger partial charge in [-0.2, -0.15) is 0 Å². The molecule has 1 saturated heterocycles. The van der Waals surface area contributed by atoms with E-state index in [4.69, 9.17) is 0 Å². The van der Waals surface area contributed by atoms with Crippen molar-refractivity contribution in [3.63, 3.8) is 0 Å². The summed E-state index contributed by atoms with van der Waals surface area (Å²) in [6, 6.07) is 8.09. The quantitative estimate of drug-likeness (QED) is 0.845. The SMILES string of the molecule is Cc1ccc(N(C)C(=O)C2CCCNC2)cc1. The monoisotopic (exact) mass is 232 g/mol. The molecule has 2 rings (SSSR count). The van der Waals surface area contributed by atoms with E-state index in [1.807, 2.05) is 31.3 Å². The van der Waals surface area contributed by atoms with Crippen molar-refractivity contribution < 1.29 is 4.79 Å². The van der Waals surface area contributed by atoms with Gasteiger partial charge in [0, 0.05) is 19.3 Å². The molecule has 0 aromatic heterocycles. The lowest BCUT2D eigenvalue weighted by Crippen LogP contribution is -2.41. The molecule has 1 amide bonds. The van der Waals surface area contributed by atoms with E-state index >= 15 is 0 Å². The van der Waals surface area contributed by atoms with Crippen LogP contribution in [-0.2, 0) is 4.79 Å². The largest absolute Gasteiger partial charge is 0.316 e. The van der Waals surface area contributed by atoms with Crippen molar-refractivity contribution in [3.05, 3.63) is 29.8 Å². The maximum Gasteiger partial charge on any atom is 0.231 e. The van der Waals surface area contributed by atoms with E-state index < -0.39 is 0 Å². The highest BCUT2D eigenvalue weighted by atomic mass is 16.2. The highest BCUT2D eigenvalue weighted by molar-refractivity contribution is 5.94. The molecule has 1 aromatic rings. The number of amides is 1. The molecule has 0 saturated carbocycles. The van der Waals surface area contributed by atoms with Crippen LogP contribution in [0.1, 0.15) is 18.4 Å². The molecular formula is C14H20N2O. The predicted octanol–water partition coefficient (Wildman–Crippen LogP) is 1.96. The fourth-order valence-electron chi connectivity index (χ4n) is 2.23. The minimum atomic E-state index is 0.134. The normalized spacial score (nSPS) is 20.0. The summed E-state index contributed by atoms with van der Waals surface area (Å²) >= 11 is 0. The third kappa shape index (κ3) is 2.86. The minimum Gasteiger partial charge on any atom is -0.316 e. The molecule has 1 aliphatic rings. The minimum absolute atomic E-state index is 0.134. The van der Waals surface area contributed by atoms with Gasteiger partial charge in [-0.1, -0.05) is 17.7 Å². The molecule has 1 fully saturated rings. The standard InChI is InChI=1S/C14H20N2O/c1-11-5-7-13(8-6-11)16(2)14(17)12-4-3-9-15-10-12/h5-8,12,15H,3-4,9-10H2,1-2H3. The summed E-state index contributed by atoms with van der Waals surface area (Å²) < 4.78 is 0. The van der Waals surface area contributed by atoms with Gasteiger partial charge >= 0.3 is 0 Å². The summed E-state index contributed by atoms with van der Waals surface area (Å²) in [4.78, 5) is 14.0. The van der Waals surface area contributed by atoms with Gasteiger partial charge in [-0.25, -0.2) is 0 Å². The first-order valence-electron chi connectivity index (χ1n) is 6.23. The van der Waals surface area contributed by atoms with Gasteiger partial charge < -0.3 is 10.2 Å². The van der Waals surface area contributed by atoms with E-state index in [1.54, 1.807) is 4.90 Å². The number of carbonyl (C=O) groups is 1. The van der Waals surface area contributed by atoms with Crippen LogP contribution in [0.3, 0.4) is 0 Å². The second-order valence-corrected chi connectivity index (χ2v) is 4.78. The molecular weight excluding hydrogens is 212 g/mol. The molecule has 1 aliphatic heterocycles. The maximum atomic E-state index is 12.3. The Labute approximate surface area is 103 Å². The number of hydrogen-bond donors (Lipinski definition) is 1. The number of piperidine rings is 1. The van der Waals surface area contributed by atoms with Crippen molar-refractivity contribution >= 4 is 11.6 Å². The first-order valence-corrected chi connectivity index (χ1v) is 6.23. The fraction of sp³-hybridized carbons (Fsp3) is 0.500. The first kappa shape index (κ1) is 12.1. The molecule has 0 spiro atoms. The Balaban J connectivity index is 2.05. The van der Waals surface area contributed by atoms with Gasteiger partial charge in [0.05, 0.1) is 5.92 Å². The predicted molar refractivity (Wildman–Crippen MR) is 70.2 cm³/mol. The molecule has 1 unspecified atom stereocenters. The molecule has 0 radical (unpaired) electrons. The summed E-state index contributed by atoms with van der Waals surface area (Å²) in [7, 11) is 1.86. The molecule has 3 nitrogen and oxygen atoms in total. The Morgan fingerprint density at radius 1 is 1.35 bits per heavy atom. The van der Waals surface area contributed by atoms with E-state index in [0.29, 0.717) is 0 Å². The number of rotatable bonds is 2. The van der Waals surface area contributed by atoms with Crippen LogP contribution in [0.2, 0.25) is 0 Å². The van der Waals surface area contributed by atoms with Crippen LogP contribution >= 0.6 is 0 Å². The third-order valence-electron chi connectivity index (χ3n) is 3.40. The van der Waals surface area contributed by atoms with Gasteiger partial charge in [0.2, 0.25) is 5.91 Å². The number of nitrogens with one attached hydrogen (secondary N) is 1. The van der Waals surface area contributed by atoms with Crippen LogP contribution in [0.5, 0.6) is 0 Å². The van der Waals surface area contributed by atoms with Gasteiger partial charge in [0.1, 0.15) is 0 Å². The lowest BCUT2D eigenvalue weighted by molar-refractivity contribution is -0.122. The smallest absolute Gasteiger partial charge is 0.231 e. The zero-order valence-electron chi connectivity index (χ0n) is 10.6. The molecule has 3 heteroatoms. The Morgan fingerprint density at radius 3 is 2.65 bits per heavy atom. The highest BCUT2D eigenvalue weighted by Gasteiger charge is 2.24. The molecule has 0 bridgehead atoms. The van der Waals surface area contributed by atoms with E-state index in [9.17, 15) is 4.79 Å². The summed E-state index contributed by atoms with van der Waals surface area (Å²) in [5.41, 5.74) is 2.19. The van der Waals surface area contributed by atoms with Crippen molar-refractivity contribution in [2.75, 3.05) is 25.0 Å². The molecule has 1 atom stereocenters. The highest BCUT2D eigenvalue weighted by Crippen LogP contribution is 2.19. The second-order valence-electron chi connectivity index (χ2n) is 4.78. The van der Waals surface area contributed by atoms with Crippen LogP contribution in [-0.4, -0.2) is 26.0 Å². The molecule has 1 aromatic carbocycles. The third-order valence-corrected chi connectivity index (χ3v) is 3.40. The number of benzene rings is 1. The number of anilines is 1. The summed E-state index contributed by atoms with van der Waals surface area (Å²) in [5.74, 6) is 0.358. The van der Waals surface area contributed by atoms with E-state index in [2.05, 4.69) is 12.2 Å². The average Bonchev–Trinajstić information content (AvgIpc) is 2.39. The van der Waals surface area contributed by atoms with E-state index in [0.717, 1.165) is 31.6 Å². The van der Waals surface area contributed by atoms with Crippen LogP contribution in [0, 0.1) is 12.8 Å². The Kier molecular flexibility index (Phi) is 3.79. The molecule has 92 valence electrons. The lowest BCUT2D eigenvalue weighted by Gasteiger charge is -2.27. The zero-order chi connectivity index (χ0) is 12.3. The van der Waals surface area contributed by atoms with Crippen LogP contribution in [0.15, 0.2) is 24.3 Å². The van der Waals surface area contributed by atoms with Crippen LogP contribution < -0.4 is 10.2 Å². The van der Waals surface area contributed by atoms with Crippen LogP contribution in [0.4, 0.5) is 5.69 Å². The Morgan fingerprint density at radius 2 is 2.06 bits per heavy atom. The van der Waals surface area contributed by atoms with Gasteiger partial charge in [-0.05, 0) is 38.4 Å². The molecule has 1 N–H and O–H groups in total. The Bertz CT molecular complexity index is 380. The van der Waals surface area contributed by atoms with E-state index in [1.165, 1.54) is 5.56 Å². The van der Waals surface area contributed by atoms with Gasteiger partial charge in [-0.3, -0.25) is 4.79 Å². The molecule has 0 aliphatic carbocycles. The summed E-state index contributed by atoms with van der Waals surface area (Å²) in [6.45, 7) is 3.91. The first-order chi connectivity index (χ1) is 8.18. The van der Waals surface area contributed by atoms with Crippen molar-refractivity contribution in [2.24, 2.45) is 5.92 Å². The molecule has 1 heterocycles. The fourth-order valence-corrected chi connectivity index (χ4v) is 2.23. The topological polar surface area (TPSA) is 32.3 Å². The number of carbonyl (C=O) groups excluding carboxylic acids is 1. The van der Waals surface area contributed by atoms with Crippen molar-refractivity contribution in [1.82, 2.24) is 5.32 Å². The maximum absolute atomic E-state index is 12.3. The Hall–Kier alpha value is -1.35. The number of nitrogens with zero attached hydrogens (tertiary/aromatic N) is 1. The van der Waals surface area contributed by atoms with Crippen molar-refractivity contribution in [3.8, 4) is 0 Å². The molecule has 17 heavy (non-hydrogen) atoms. The van der Waals surface area contributed by atoms with Gasteiger partial charge in [-0.15, -0.1) is 0 Å². The lowest BCUT2D eigenvalue weighted by atomic mass is 9.98. The second kappa shape index (κ2) is 5.32. The number of aryl methyl sites for hydroxylation is 1. The van der Waals surface area contributed by atoms with Crippen molar-refractivity contribution in [2.45, 2.75) is 19.8 Å². The van der Waals surface area contributed by atoms with Crippen LogP contribution in [0.25, 0.3) is 0 Å². The number of hydrogen-bond acceptors (Lipinski definition) is 2. The van der Waals surface area contributed by atoms with Crippen molar-refractivity contribution in [1.29, 1.82) is 0 Å². The van der Waals surface area contributed by atoms with Gasteiger partial charge in [0.25, 0.3) is 0 Å². The summed E-state index contributed by atoms with van der Waals surface area (Å²) in [6.07, 6.45) is 2.10.